The first-order valence-electron chi connectivity index (χ1n) is 8.21. The summed E-state index contributed by atoms with van der Waals surface area (Å²) in [6.45, 7) is 8.89. The van der Waals surface area contributed by atoms with E-state index in [9.17, 15) is 18.4 Å². The molecule has 0 aliphatic carbocycles. The number of rotatable bonds is 8. The van der Waals surface area contributed by atoms with Crippen molar-refractivity contribution in [2.75, 3.05) is 7.11 Å². The molecule has 0 heterocycles. The highest BCUT2D eigenvalue weighted by Gasteiger charge is 2.56. The van der Waals surface area contributed by atoms with Crippen LogP contribution < -0.4 is 10.2 Å². The molecule has 1 rings (SSSR count). The maximum atomic E-state index is 13.5. The first kappa shape index (κ1) is 21.4. The molecule has 2 N–H and O–H groups in total. The monoisotopic (exact) mass is 372 g/mol. The zero-order valence-electron chi connectivity index (χ0n) is 15.6. The first-order chi connectivity index (χ1) is 11.6. The van der Waals surface area contributed by atoms with E-state index in [1.807, 2.05) is 27.7 Å². The van der Waals surface area contributed by atoms with Crippen molar-refractivity contribution in [3.8, 4) is 5.75 Å². The molecule has 1 unspecified atom stereocenters. The molecule has 0 radical (unpaired) electrons. The predicted molar refractivity (Wildman–Crippen MR) is 95.2 cm³/mol. The fourth-order valence-corrected chi connectivity index (χ4v) is 5.63. The Kier molecular flexibility index (Phi) is 6.99. The highest BCUT2D eigenvalue weighted by Crippen LogP contribution is 2.36. The largest absolute Gasteiger partial charge is 0.497 e. The van der Waals surface area contributed by atoms with Crippen molar-refractivity contribution < 1.29 is 23.2 Å². The van der Waals surface area contributed by atoms with Crippen molar-refractivity contribution in [2.24, 2.45) is 0 Å². The van der Waals surface area contributed by atoms with Gasteiger partial charge in [0.25, 0.3) is 5.91 Å². The lowest BCUT2D eigenvalue weighted by atomic mass is 10.1. The van der Waals surface area contributed by atoms with Crippen LogP contribution in [0, 0.1) is 0 Å². The van der Waals surface area contributed by atoms with E-state index in [0.717, 1.165) is 0 Å². The van der Waals surface area contributed by atoms with E-state index >= 15 is 0 Å². The molecule has 0 fully saturated rings. The summed E-state index contributed by atoms with van der Waals surface area (Å²) in [5.74, 6) is -0.453. The summed E-state index contributed by atoms with van der Waals surface area (Å²) in [6, 6.07) is 5.37. The van der Waals surface area contributed by atoms with Crippen LogP contribution in [0.2, 0.25) is 0 Å². The van der Waals surface area contributed by atoms with E-state index in [-0.39, 0.29) is 23.4 Å². The summed E-state index contributed by atoms with van der Waals surface area (Å²) in [5, 5.41) is 9.30. The normalized spacial score (nSPS) is 14.6. The van der Waals surface area contributed by atoms with Gasteiger partial charge in [0.2, 0.25) is 14.7 Å². The number of carbonyl (C=O) groups excluding carboxylic acids is 1. The van der Waals surface area contributed by atoms with E-state index in [1.165, 1.54) is 31.4 Å². The van der Waals surface area contributed by atoms with Gasteiger partial charge in [0.15, 0.2) is 0 Å². The van der Waals surface area contributed by atoms with E-state index in [0.29, 0.717) is 5.75 Å². The first-order valence-corrected chi connectivity index (χ1v) is 9.70. The zero-order chi connectivity index (χ0) is 19.4. The Balaban J connectivity index is 3.72. The topological polar surface area (TPSA) is 95.9 Å². The lowest BCUT2D eigenvalue weighted by Crippen LogP contribution is -2.66. The molecule has 0 spiro atoms. The van der Waals surface area contributed by atoms with Crippen molar-refractivity contribution >= 4 is 15.7 Å². The Morgan fingerprint density at radius 2 is 1.68 bits per heavy atom. The molecular formula is C17H28N2O5S. The molecule has 0 aromatic heterocycles. The lowest BCUT2D eigenvalue weighted by molar-refractivity contribution is -0.139. The third-order valence-corrected chi connectivity index (χ3v) is 6.75. The van der Waals surface area contributed by atoms with Gasteiger partial charge in [-0.25, -0.2) is 13.9 Å². The molecule has 0 saturated carbocycles. The van der Waals surface area contributed by atoms with Gasteiger partial charge in [0.05, 0.1) is 12.0 Å². The minimum atomic E-state index is -4.14. The number of benzene rings is 1. The van der Waals surface area contributed by atoms with Crippen molar-refractivity contribution in [1.82, 2.24) is 10.4 Å². The molecule has 0 bridgehead atoms. The number of sulfone groups is 1. The molecule has 0 aliphatic rings. The van der Waals surface area contributed by atoms with Crippen LogP contribution in [0.3, 0.4) is 0 Å². The fraction of sp³-hybridized carbons (Fsp3) is 0.588. The third-order valence-electron chi connectivity index (χ3n) is 4.28. The number of hydrogen-bond donors (Lipinski definition) is 2. The number of amides is 1. The Labute approximate surface area is 149 Å². The minimum absolute atomic E-state index is 0.00921. The standard InChI is InChI=1S/C17H28N2O5S/c1-7-17(16(20)18-21,19(12(2)3)13(4)5)25(22,23)15-10-8-14(24-6)9-11-15/h8-13,21H,7H2,1-6H3,(H,18,20). The van der Waals surface area contributed by atoms with Crippen LogP contribution in [0.1, 0.15) is 41.0 Å². The maximum absolute atomic E-state index is 13.5. The zero-order valence-corrected chi connectivity index (χ0v) is 16.4. The average Bonchev–Trinajstić information content (AvgIpc) is 2.57. The number of hydrogen-bond acceptors (Lipinski definition) is 6. The molecule has 25 heavy (non-hydrogen) atoms. The number of ether oxygens (including phenoxy) is 1. The van der Waals surface area contributed by atoms with Crippen LogP contribution in [-0.2, 0) is 14.6 Å². The molecule has 7 nitrogen and oxygen atoms in total. The fourth-order valence-electron chi connectivity index (χ4n) is 3.38. The van der Waals surface area contributed by atoms with Gasteiger partial charge in [-0.2, -0.15) is 0 Å². The quantitative estimate of drug-likeness (QED) is 0.536. The Hall–Kier alpha value is -1.64. The number of hydroxylamine groups is 1. The average molecular weight is 372 g/mol. The molecule has 1 aromatic rings. The molecule has 1 atom stereocenters. The summed E-state index contributed by atoms with van der Waals surface area (Å²) in [5.41, 5.74) is 1.56. The minimum Gasteiger partial charge on any atom is -0.497 e. The van der Waals surface area contributed by atoms with Crippen LogP contribution in [0.4, 0.5) is 0 Å². The van der Waals surface area contributed by atoms with Gasteiger partial charge >= 0.3 is 0 Å². The van der Waals surface area contributed by atoms with Crippen molar-refractivity contribution in [3.63, 3.8) is 0 Å². The second-order valence-corrected chi connectivity index (χ2v) is 8.51. The smallest absolute Gasteiger partial charge is 0.279 e. The van der Waals surface area contributed by atoms with Crippen LogP contribution in [0.15, 0.2) is 29.2 Å². The number of nitrogens with one attached hydrogen (secondary N) is 1. The van der Waals surface area contributed by atoms with Crippen LogP contribution in [0.25, 0.3) is 0 Å². The van der Waals surface area contributed by atoms with Gasteiger partial charge in [-0.05, 0) is 58.4 Å². The highest BCUT2D eigenvalue weighted by atomic mass is 32.2. The van der Waals surface area contributed by atoms with E-state index in [4.69, 9.17) is 4.74 Å². The molecule has 1 aromatic carbocycles. The second kappa shape index (κ2) is 8.16. The van der Waals surface area contributed by atoms with Crippen molar-refractivity contribution in [1.29, 1.82) is 0 Å². The molecule has 0 aliphatic heterocycles. The van der Waals surface area contributed by atoms with Gasteiger partial charge in [0.1, 0.15) is 5.75 Å². The Bertz CT molecular complexity index is 677. The van der Waals surface area contributed by atoms with Crippen LogP contribution in [-0.4, -0.2) is 48.5 Å². The van der Waals surface area contributed by atoms with Gasteiger partial charge in [-0.3, -0.25) is 14.9 Å². The van der Waals surface area contributed by atoms with Gasteiger partial charge in [0, 0.05) is 12.1 Å². The van der Waals surface area contributed by atoms with Gasteiger partial charge in [-0.1, -0.05) is 6.92 Å². The van der Waals surface area contributed by atoms with Crippen molar-refractivity contribution in [2.45, 2.75) is 62.9 Å². The summed E-state index contributed by atoms with van der Waals surface area (Å²) in [6.07, 6.45) is -0.0237. The maximum Gasteiger partial charge on any atom is 0.279 e. The summed E-state index contributed by atoms with van der Waals surface area (Å²) in [4.78, 5) is 12.3. The summed E-state index contributed by atoms with van der Waals surface area (Å²) in [7, 11) is -2.66. The molecular weight excluding hydrogens is 344 g/mol. The van der Waals surface area contributed by atoms with Gasteiger partial charge in [-0.15, -0.1) is 0 Å². The van der Waals surface area contributed by atoms with E-state index < -0.39 is 20.6 Å². The molecule has 142 valence electrons. The van der Waals surface area contributed by atoms with E-state index in [1.54, 1.807) is 17.3 Å². The van der Waals surface area contributed by atoms with Crippen LogP contribution >= 0.6 is 0 Å². The molecule has 0 saturated heterocycles. The van der Waals surface area contributed by atoms with Crippen molar-refractivity contribution in [3.05, 3.63) is 24.3 Å². The Morgan fingerprint density at radius 1 is 1.20 bits per heavy atom. The Morgan fingerprint density at radius 3 is 2.00 bits per heavy atom. The summed E-state index contributed by atoms with van der Waals surface area (Å²) >= 11 is 0. The lowest BCUT2D eigenvalue weighted by Gasteiger charge is -2.45. The predicted octanol–water partition coefficient (Wildman–Crippen LogP) is 2.20. The van der Waals surface area contributed by atoms with E-state index in [2.05, 4.69) is 0 Å². The number of carbonyl (C=O) groups is 1. The molecule has 1 amide bonds. The number of nitrogens with zero attached hydrogens (tertiary/aromatic N) is 1. The van der Waals surface area contributed by atoms with Gasteiger partial charge < -0.3 is 4.74 Å². The summed E-state index contributed by atoms with van der Waals surface area (Å²) < 4.78 is 32.0. The molecule has 8 heteroatoms. The third kappa shape index (κ3) is 3.65. The van der Waals surface area contributed by atoms with Crippen LogP contribution in [0.5, 0.6) is 5.75 Å². The number of methoxy groups -OCH3 is 1. The highest BCUT2D eigenvalue weighted by molar-refractivity contribution is 7.93. The SMILES string of the molecule is CCC(C(=O)NO)(N(C(C)C)C(C)C)S(=O)(=O)c1ccc(OC)cc1. The second-order valence-electron chi connectivity index (χ2n) is 6.35.